The summed E-state index contributed by atoms with van der Waals surface area (Å²) in [6, 6.07) is 4.53. The number of nitrogens with two attached hydrogens (primary N) is 1. The van der Waals surface area contributed by atoms with Crippen LogP contribution in [0.4, 0.5) is 4.79 Å². The van der Waals surface area contributed by atoms with E-state index in [-0.39, 0.29) is 24.8 Å². The lowest BCUT2D eigenvalue weighted by Crippen LogP contribution is -2.59. The molecular formula is C29H44N4O5. The van der Waals surface area contributed by atoms with Crippen LogP contribution in [0.3, 0.4) is 0 Å². The molecule has 210 valence electrons. The van der Waals surface area contributed by atoms with E-state index in [1.807, 2.05) is 13.8 Å². The Balaban J connectivity index is 3.60. The number of alkyl carbamates (subject to hydrolysis) is 1. The Bertz CT molecular complexity index is 1020. The van der Waals surface area contributed by atoms with Gasteiger partial charge in [0, 0.05) is 23.6 Å². The average Bonchev–Trinajstić information content (AvgIpc) is 2.77. The first-order valence-electron chi connectivity index (χ1n) is 13.0. The first kappa shape index (κ1) is 32.5. The fourth-order valence-electron chi connectivity index (χ4n) is 4.01. The van der Waals surface area contributed by atoms with Crippen molar-refractivity contribution in [3.05, 3.63) is 35.4 Å². The molecule has 1 aromatic rings. The quantitative estimate of drug-likeness (QED) is 0.376. The number of amides is 4. The highest BCUT2D eigenvalue weighted by atomic mass is 16.6. The maximum absolute atomic E-state index is 14.1. The van der Waals surface area contributed by atoms with Crippen LogP contribution in [0.5, 0.6) is 0 Å². The number of rotatable bonds is 11. The lowest BCUT2D eigenvalue weighted by molar-refractivity contribution is -0.149. The van der Waals surface area contributed by atoms with Gasteiger partial charge < -0.3 is 26.0 Å². The number of hydrogen-bond donors (Lipinski definition) is 3. The van der Waals surface area contributed by atoms with Crippen molar-refractivity contribution in [3.63, 3.8) is 0 Å². The minimum Gasteiger partial charge on any atom is -0.444 e. The lowest BCUT2D eigenvalue weighted by atomic mass is 9.94. The summed E-state index contributed by atoms with van der Waals surface area (Å²) in [6.45, 7) is 14.4. The summed E-state index contributed by atoms with van der Waals surface area (Å²) in [4.78, 5) is 53.6. The molecule has 0 radical (unpaired) electrons. The molecule has 0 aliphatic rings. The van der Waals surface area contributed by atoms with Crippen LogP contribution < -0.4 is 16.4 Å². The molecule has 0 spiro atoms. The molecule has 1 rings (SSSR count). The van der Waals surface area contributed by atoms with E-state index in [2.05, 4.69) is 16.6 Å². The lowest BCUT2D eigenvalue weighted by Gasteiger charge is -2.43. The van der Waals surface area contributed by atoms with Crippen LogP contribution in [-0.4, -0.2) is 51.9 Å². The molecule has 4 N–H and O–H groups in total. The zero-order valence-corrected chi connectivity index (χ0v) is 24.0. The number of terminal acetylenes is 1. The van der Waals surface area contributed by atoms with Gasteiger partial charge in [0.15, 0.2) is 0 Å². The molecule has 1 aromatic carbocycles. The van der Waals surface area contributed by atoms with E-state index in [9.17, 15) is 19.2 Å². The number of benzene rings is 1. The summed E-state index contributed by atoms with van der Waals surface area (Å²) in [5.41, 5.74) is 4.88. The highest BCUT2D eigenvalue weighted by Crippen LogP contribution is 2.31. The van der Waals surface area contributed by atoms with Gasteiger partial charge in [-0.3, -0.25) is 14.4 Å². The molecule has 0 saturated carbocycles. The molecule has 38 heavy (non-hydrogen) atoms. The molecule has 0 saturated heterocycles. The Morgan fingerprint density at radius 1 is 1.03 bits per heavy atom. The number of hydrogen-bond acceptors (Lipinski definition) is 5. The molecule has 0 bridgehead atoms. The predicted octanol–water partition coefficient (Wildman–Crippen LogP) is 3.80. The smallest absolute Gasteiger partial charge is 0.408 e. The predicted molar refractivity (Wildman–Crippen MR) is 148 cm³/mol. The van der Waals surface area contributed by atoms with Crippen molar-refractivity contribution in [2.75, 3.05) is 0 Å². The molecule has 0 aliphatic heterocycles. The number of nitrogens with one attached hydrogen (secondary N) is 2. The Hall–Kier alpha value is -3.54. The molecule has 0 heterocycles. The molecule has 4 amide bonds. The standard InChI is InChI=1S/C29H44N4O5/c1-10-12-19(3)31-25(35)24(21-15-13-20(11-2)14-16-21)33(28(4,5)6)26(36)22(17-18-23(30)34)32-27(37)38-29(7,8)9/h2,13-16,19,22,24H,10,12,17-18H2,1,3-9H3,(H2,30,34)(H,31,35)(H,32,37). The van der Waals surface area contributed by atoms with Gasteiger partial charge in [-0.1, -0.05) is 31.4 Å². The van der Waals surface area contributed by atoms with Crippen molar-refractivity contribution in [2.45, 2.75) is 110 Å². The van der Waals surface area contributed by atoms with Crippen molar-refractivity contribution in [1.82, 2.24) is 15.5 Å². The summed E-state index contributed by atoms with van der Waals surface area (Å²) >= 11 is 0. The average molecular weight is 529 g/mol. The summed E-state index contributed by atoms with van der Waals surface area (Å²) in [5, 5.41) is 5.60. The molecule has 0 aromatic heterocycles. The van der Waals surface area contributed by atoms with Crippen molar-refractivity contribution in [1.29, 1.82) is 0 Å². The number of ether oxygens (including phenoxy) is 1. The number of nitrogens with zero attached hydrogens (tertiary/aromatic N) is 1. The van der Waals surface area contributed by atoms with Gasteiger partial charge in [-0.2, -0.15) is 0 Å². The van der Waals surface area contributed by atoms with Crippen LogP contribution in [0.15, 0.2) is 24.3 Å². The van der Waals surface area contributed by atoms with Crippen molar-refractivity contribution in [3.8, 4) is 12.3 Å². The zero-order valence-electron chi connectivity index (χ0n) is 24.0. The molecule has 0 aliphatic carbocycles. The van der Waals surface area contributed by atoms with E-state index in [1.165, 1.54) is 4.90 Å². The van der Waals surface area contributed by atoms with Gasteiger partial charge in [-0.15, -0.1) is 6.42 Å². The highest BCUT2D eigenvalue weighted by Gasteiger charge is 2.42. The summed E-state index contributed by atoms with van der Waals surface area (Å²) in [7, 11) is 0. The first-order chi connectivity index (χ1) is 17.5. The topological polar surface area (TPSA) is 131 Å². The van der Waals surface area contributed by atoms with Crippen molar-refractivity contribution < 1.29 is 23.9 Å². The van der Waals surface area contributed by atoms with Gasteiger partial charge in [-0.25, -0.2) is 4.79 Å². The highest BCUT2D eigenvalue weighted by molar-refractivity contribution is 5.93. The van der Waals surface area contributed by atoms with Crippen molar-refractivity contribution in [2.24, 2.45) is 5.73 Å². The van der Waals surface area contributed by atoms with Crippen LogP contribution in [-0.2, 0) is 19.1 Å². The van der Waals surface area contributed by atoms with E-state index in [1.54, 1.807) is 65.8 Å². The molecule has 3 unspecified atom stereocenters. The second-order valence-corrected chi connectivity index (χ2v) is 11.5. The van der Waals surface area contributed by atoms with E-state index < -0.39 is 41.1 Å². The van der Waals surface area contributed by atoms with E-state index in [0.717, 1.165) is 12.8 Å². The third kappa shape index (κ3) is 10.4. The fraction of sp³-hybridized carbons (Fsp3) is 0.586. The van der Waals surface area contributed by atoms with Crippen LogP contribution in [0.2, 0.25) is 0 Å². The number of primary amides is 1. The fourth-order valence-corrected chi connectivity index (χ4v) is 4.01. The van der Waals surface area contributed by atoms with Gasteiger partial charge in [0.25, 0.3) is 0 Å². The van der Waals surface area contributed by atoms with Gasteiger partial charge in [-0.05, 0) is 79.0 Å². The first-order valence-corrected chi connectivity index (χ1v) is 13.0. The molecule has 0 fully saturated rings. The monoisotopic (exact) mass is 528 g/mol. The maximum Gasteiger partial charge on any atom is 0.408 e. The SMILES string of the molecule is C#Cc1ccc(C(C(=O)NC(C)CCC)N(C(=O)C(CCC(N)=O)NC(=O)OC(C)(C)C)C(C)(C)C)cc1. The van der Waals surface area contributed by atoms with Crippen LogP contribution in [0.1, 0.15) is 98.2 Å². The van der Waals surface area contributed by atoms with Crippen LogP contribution in [0.25, 0.3) is 0 Å². The van der Waals surface area contributed by atoms with Gasteiger partial charge in [0.1, 0.15) is 17.7 Å². The Morgan fingerprint density at radius 3 is 2.05 bits per heavy atom. The van der Waals surface area contributed by atoms with Crippen LogP contribution >= 0.6 is 0 Å². The Morgan fingerprint density at radius 2 is 1.61 bits per heavy atom. The van der Waals surface area contributed by atoms with Crippen LogP contribution in [0, 0.1) is 12.3 Å². The largest absolute Gasteiger partial charge is 0.444 e. The van der Waals surface area contributed by atoms with E-state index in [4.69, 9.17) is 16.9 Å². The molecule has 3 atom stereocenters. The third-order valence-corrected chi connectivity index (χ3v) is 5.64. The van der Waals surface area contributed by atoms with Gasteiger partial charge in [0.2, 0.25) is 17.7 Å². The Labute approximate surface area is 227 Å². The second-order valence-electron chi connectivity index (χ2n) is 11.5. The molecule has 9 heteroatoms. The van der Waals surface area contributed by atoms with Crippen molar-refractivity contribution >= 4 is 23.8 Å². The third-order valence-electron chi connectivity index (χ3n) is 5.64. The Kier molecular flexibility index (Phi) is 11.8. The number of carbonyl (C=O) groups is 4. The zero-order chi connectivity index (χ0) is 29.3. The minimum absolute atomic E-state index is 0.0589. The summed E-state index contributed by atoms with van der Waals surface area (Å²) in [6.07, 6.45) is 6.13. The van der Waals surface area contributed by atoms with E-state index in [0.29, 0.717) is 11.1 Å². The number of carbonyl (C=O) groups excluding carboxylic acids is 4. The molecule has 9 nitrogen and oxygen atoms in total. The van der Waals surface area contributed by atoms with Gasteiger partial charge >= 0.3 is 6.09 Å². The normalized spacial score (nSPS) is 13.9. The summed E-state index contributed by atoms with van der Waals surface area (Å²) in [5.74, 6) is 1.02. The minimum atomic E-state index is -1.16. The second kappa shape index (κ2) is 13.8. The maximum atomic E-state index is 14.1. The summed E-state index contributed by atoms with van der Waals surface area (Å²) < 4.78 is 5.35. The van der Waals surface area contributed by atoms with Gasteiger partial charge in [0.05, 0.1) is 0 Å². The van der Waals surface area contributed by atoms with E-state index >= 15 is 0 Å². The molecular weight excluding hydrogens is 484 g/mol.